The summed E-state index contributed by atoms with van der Waals surface area (Å²) in [6.07, 6.45) is 2.01. The molecule has 102 valence electrons. The summed E-state index contributed by atoms with van der Waals surface area (Å²) in [7, 11) is -2.91. The van der Waals surface area contributed by atoms with E-state index in [1.807, 2.05) is 19.9 Å². The number of aromatic nitrogens is 2. The van der Waals surface area contributed by atoms with E-state index in [0.29, 0.717) is 5.75 Å². The van der Waals surface area contributed by atoms with Crippen molar-refractivity contribution in [3.8, 4) is 0 Å². The second-order valence-corrected chi connectivity index (χ2v) is 7.24. The third-order valence-electron chi connectivity index (χ3n) is 2.13. The molecule has 18 heavy (non-hydrogen) atoms. The van der Waals surface area contributed by atoms with Gasteiger partial charge in [0.15, 0.2) is 0 Å². The maximum atomic E-state index is 11.1. The zero-order valence-corrected chi connectivity index (χ0v) is 12.6. The number of aryl methyl sites for hydroxylation is 1. The summed E-state index contributed by atoms with van der Waals surface area (Å²) in [4.78, 5) is 8.72. The molecule has 0 aromatic carbocycles. The summed E-state index contributed by atoms with van der Waals surface area (Å²) in [5.41, 5.74) is 0. The van der Waals surface area contributed by atoms with Gasteiger partial charge in [-0.05, 0) is 6.92 Å². The van der Waals surface area contributed by atoms with Gasteiger partial charge in [0.05, 0.1) is 5.75 Å². The van der Waals surface area contributed by atoms with Crippen LogP contribution in [0.2, 0.25) is 0 Å². The summed E-state index contributed by atoms with van der Waals surface area (Å²) in [5.74, 6) is 2.26. The molecule has 1 rings (SSSR count). The van der Waals surface area contributed by atoms with Gasteiger partial charge >= 0.3 is 0 Å². The minimum atomic E-state index is -2.91. The van der Waals surface area contributed by atoms with Crippen molar-refractivity contribution in [1.82, 2.24) is 9.97 Å². The Kier molecular flexibility index (Phi) is 5.87. The van der Waals surface area contributed by atoms with Crippen molar-refractivity contribution in [2.75, 3.05) is 29.6 Å². The highest BCUT2D eigenvalue weighted by Crippen LogP contribution is 2.19. The number of nitrogens with one attached hydrogen (secondary N) is 1. The van der Waals surface area contributed by atoms with Crippen molar-refractivity contribution in [3.63, 3.8) is 0 Å². The van der Waals surface area contributed by atoms with Crippen LogP contribution in [0.1, 0.15) is 19.7 Å². The Morgan fingerprint density at radius 3 is 2.61 bits per heavy atom. The number of hydrogen-bond acceptors (Lipinski definition) is 6. The molecule has 1 heterocycles. The van der Waals surface area contributed by atoms with Gasteiger partial charge in [0.2, 0.25) is 0 Å². The molecule has 0 bridgehead atoms. The van der Waals surface area contributed by atoms with Gasteiger partial charge in [0.1, 0.15) is 26.5 Å². The van der Waals surface area contributed by atoms with Crippen LogP contribution in [0.15, 0.2) is 11.1 Å². The fraction of sp³-hybridized carbons (Fsp3) is 0.636. The van der Waals surface area contributed by atoms with Crippen LogP contribution in [0.25, 0.3) is 0 Å². The molecule has 0 saturated heterocycles. The second kappa shape index (κ2) is 6.94. The van der Waals surface area contributed by atoms with Gasteiger partial charge in [-0.15, -0.1) is 11.8 Å². The van der Waals surface area contributed by atoms with Crippen LogP contribution in [0, 0.1) is 0 Å². The molecule has 1 aromatic heterocycles. The molecule has 0 aliphatic rings. The predicted molar refractivity (Wildman–Crippen MR) is 76.0 cm³/mol. The third-order valence-corrected chi connectivity index (χ3v) is 4.24. The van der Waals surface area contributed by atoms with E-state index in [-0.39, 0.29) is 5.75 Å². The van der Waals surface area contributed by atoms with E-state index in [1.165, 1.54) is 18.0 Å². The SMILES string of the molecule is CCNc1cc(SCCS(C)(=O)=O)nc(CC)n1. The average molecular weight is 289 g/mol. The standard InChI is InChI=1S/C11H19N3O2S2/c1-4-9-13-10(12-5-2)8-11(14-9)17-6-7-18(3,15)16/h8H,4-7H2,1-3H3,(H,12,13,14). The number of hydrogen-bond donors (Lipinski definition) is 1. The van der Waals surface area contributed by atoms with Crippen LogP contribution in [-0.4, -0.2) is 42.7 Å². The topological polar surface area (TPSA) is 72.0 Å². The van der Waals surface area contributed by atoms with E-state index in [0.717, 1.165) is 29.6 Å². The van der Waals surface area contributed by atoms with Crippen molar-refractivity contribution in [1.29, 1.82) is 0 Å². The first-order chi connectivity index (χ1) is 8.44. The summed E-state index contributed by atoms with van der Waals surface area (Å²) in [6, 6.07) is 1.86. The number of anilines is 1. The van der Waals surface area contributed by atoms with Gasteiger partial charge in [0.25, 0.3) is 0 Å². The first kappa shape index (κ1) is 15.2. The lowest BCUT2D eigenvalue weighted by Crippen LogP contribution is -2.06. The van der Waals surface area contributed by atoms with Crippen LogP contribution in [-0.2, 0) is 16.3 Å². The Bertz CT molecular complexity index is 489. The number of nitrogens with zero attached hydrogens (tertiary/aromatic N) is 2. The first-order valence-corrected chi connectivity index (χ1v) is 8.91. The average Bonchev–Trinajstić information content (AvgIpc) is 2.27. The molecule has 0 spiro atoms. The quantitative estimate of drug-likeness (QED) is 0.607. The normalized spacial score (nSPS) is 11.5. The van der Waals surface area contributed by atoms with E-state index in [2.05, 4.69) is 15.3 Å². The lowest BCUT2D eigenvalue weighted by molar-refractivity contribution is 0.603. The number of sulfone groups is 1. The van der Waals surface area contributed by atoms with Crippen LogP contribution in [0.3, 0.4) is 0 Å². The highest BCUT2D eigenvalue weighted by molar-refractivity contribution is 8.00. The van der Waals surface area contributed by atoms with Crippen LogP contribution >= 0.6 is 11.8 Å². The second-order valence-electron chi connectivity index (χ2n) is 3.87. The Morgan fingerprint density at radius 2 is 2.06 bits per heavy atom. The Labute approximate surface area is 113 Å². The highest BCUT2D eigenvalue weighted by Gasteiger charge is 2.06. The molecule has 5 nitrogen and oxygen atoms in total. The van der Waals surface area contributed by atoms with Crippen molar-refractivity contribution in [3.05, 3.63) is 11.9 Å². The summed E-state index contributed by atoms with van der Waals surface area (Å²) < 4.78 is 22.1. The predicted octanol–water partition coefficient (Wildman–Crippen LogP) is 1.61. The third kappa shape index (κ3) is 5.68. The van der Waals surface area contributed by atoms with Crippen molar-refractivity contribution in [2.24, 2.45) is 0 Å². The Hall–Kier alpha value is -0.820. The molecule has 7 heteroatoms. The molecule has 0 fully saturated rings. The van der Waals surface area contributed by atoms with Crippen LogP contribution < -0.4 is 5.32 Å². The molecule has 1 N–H and O–H groups in total. The summed E-state index contributed by atoms with van der Waals surface area (Å²) in [6.45, 7) is 4.80. The van der Waals surface area contributed by atoms with Crippen molar-refractivity contribution >= 4 is 27.4 Å². The van der Waals surface area contributed by atoms with Gasteiger partial charge in [-0.1, -0.05) is 6.92 Å². The van der Waals surface area contributed by atoms with Crippen LogP contribution in [0.5, 0.6) is 0 Å². The fourth-order valence-corrected chi connectivity index (χ4v) is 3.39. The lowest BCUT2D eigenvalue weighted by Gasteiger charge is -2.07. The van der Waals surface area contributed by atoms with Crippen molar-refractivity contribution < 1.29 is 8.42 Å². The maximum Gasteiger partial charge on any atom is 0.148 e. The summed E-state index contributed by atoms with van der Waals surface area (Å²) in [5, 5.41) is 3.97. The lowest BCUT2D eigenvalue weighted by atomic mass is 10.4. The first-order valence-electron chi connectivity index (χ1n) is 5.87. The largest absolute Gasteiger partial charge is 0.370 e. The van der Waals surface area contributed by atoms with Gasteiger partial charge < -0.3 is 5.32 Å². The molecular weight excluding hydrogens is 270 g/mol. The van der Waals surface area contributed by atoms with E-state index in [9.17, 15) is 8.42 Å². The van der Waals surface area contributed by atoms with Crippen molar-refractivity contribution in [2.45, 2.75) is 25.3 Å². The maximum absolute atomic E-state index is 11.1. The van der Waals surface area contributed by atoms with E-state index < -0.39 is 9.84 Å². The zero-order valence-electron chi connectivity index (χ0n) is 10.9. The molecule has 0 aliphatic heterocycles. The molecule has 1 aromatic rings. The van der Waals surface area contributed by atoms with Crippen LogP contribution in [0.4, 0.5) is 5.82 Å². The molecule has 0 amide bonds. The molecule has 0 radical (unpaired) electrons. The minimum absolute atomic E-state index is 0.166. The fourth-order valence-electron chi connectivity index (χ4n) is 1.27. The van der Waals surface area contributed by atoms with E-state index in [4.69, 9.17) is 0 Å². The van der Waals surface area contributed by atoms with E-state index in [1.54, 1.807) is 0 Å². The number of rotatable bonds is 7. The van der Waals surface area contributed by atoms with Gasteiger partial charge in [0, 0.05) is 31.0 Å². The number of thioether (sulfide) groups is 1. The Balaban J connectivity index is 2.72. The molecule has 0 aliphatic carbocycles. The smallest absolute Gasteiger partial charge is 0.148 e. The zero-order chi connectivity index (χ0) is 13.6. The molecular formula is C11H19N3O2S2. The molecule has 0 saturated carbocycles. The minimum Gasteiger partial charge on any atom is -0.370 e. The highest BCUT2D eigenvalue weighted by atomic mass is 32.2. The molecule has 0 unspecified atom stereocenters. The monoisotopic (exact) mass is 289 g/mol. The Morgan fingerprint density at radius 1 is 1.33 bits per heavy atom. The van der Waals surface area contributed by atoms with Gasteiger partial charge in [-0.25, -0.2) is 18.4 Å². The van der Waals surface area contributed by atoms with E-state index >= 15 is 0 Å². The molecule has 0 atom stereocenters. The van der Waals surface area contributed by atoms with Gasteiger partial charge in [-0.3, -0.25) is 0 Å². The van der Waals surface area contributed by atoms with Gasteiger partial charge in [-0.2, -0.15) is 0 Å². The summed E-state index contributed by atoms with van der Waals surface area (Å²) >= 11 is 1.45.